The van der Waals surface area contributed by atoms with Crippen LogP contribution in [0, 0.1) is 0 Å². The number of piperidine rings is 1. The van der Waals surface area contributed by atoms with Gasteiger partial charge in [0, 0.05) is 12.7 Å². The molecule has 2 amide bonds. The largest absolute Gasteiger partial charge is 0.366 e. The Kier molecular flexibility index (Phi) is 3.22. The Labute approximate surface area is 98.6 Å². The normalized spacial score (nSPS) is 19.5. The summed E-state index contributed by atoms with van der Waals surface area (Å²) in [5.74, 6) is 0.0357. The number of anilines is 1. The quantitative estimate of drug-likeness (QED) is 0.678. The number of hydrogen-bond donors (Lipinski definition) is 3. The maximum Gasteiger partial charge on any atom is 0.250 e. The molecule has 0 bridgehead atoms. The maximum atomic E-state index is 11.5. The van der Waals surface area contributed by atoms with Crippen molar-refractivity contribution in [3.63, 3.8) is 0 Å². The fraction of sp³-hybridized carbons (Fsp3) is 0.364. The van der Waals surface area contributed by atoms with Crippen LogP contribution in [-0.4, -0.2) is 29.4 Å². The zero-order chi connectivity index (χ0) is 12.3. The van der Waals surface area contributed by atoms with E-state index in [1.165, 1.54) is 6.20 Å². The van der Waals surface area contributed by atoms with Crippen molar-refractivity contribution >= 4 is 17.6 Å². The molecule has 6 heteroatoms. The van der Waals surface area contributed by atoms with E-state index in [4.69, 9.17) is 5.73 Å². The van der Waals surface area contributed by atoms with Crippen LogP contribution in [0.5, 0.6) is 0 Å². The summed E-state index contributed by atoms with van der Waals surface area (Å²) < 4.78 is 0. The Morgan fingerprint density at radius 1 is 1.53 bits per heavy atom. The van der Waals surface area contributed by atoms with Crippen molar-refractivity contribution in [3.8, 4) is 0 Å². The highest BCUT2D eigenvalue weighted by atomic mass is 16.2. The lowest BCUT2D eigenvalue weighted by Crippen LogP contribution is -2.44. The lowest BCUT2D eigenvalue weighted by molar-refractivity contribution is -0.123. The molecule has 1 fully saturated rings. The molecule has 17 heavy (non-hydrogen) atoms. The van der Waals surface area contributed by atoms with Crippen LogP contribution in [0.15, 0.2) is 18.3 Å². The first-order valence-corrected chi connectivity index (χ1v) is 5.47. The highest BCUT2D eigenvalue weighted by Gasteiger charge is 2.21. The molecule has 0 saturated carbocycles. The minimum absolute atomic E-state index is 0.0166. The highest BCUT2D eigenvalue weighted by Crippen LogP contribution is 2.11. The van der Waals surface area contributed by atoms with Crippen molar-refractivity contribution in [2.45, 2.75) is 18.9 Å². The van der Waals surface area contributed by atoms with Crippen molar-refractivity contribution in [1.29, 1.82) is 0 Å². The summed E-state index contributed by atoms with van der Waals surface area (Å²) in [5.41, 5.74) is 5.46. The molecule has 0 aromatic carbocycles. The van der Waals surface area contributed by atoms with Gasteiger partial charge in [0.2, 0.25) is 11.8 Å². The average Bonchev–Trinajstić information content (AvgIpc) is 2.33. The van der Waals surface area contributed by atoms with Crippen LogP contribution >= 0.6 is 0 Å². The summed E-state index contributed by atoms with van der Waals surface area (Å²) in [5, 5.41) is 5.80. The summed E-state index contributed by atoms with van der Waals surface area (Å²) >= 11 is 0. The molecule has 0 spiro atoms. The first-order valence-electron chi connectivity index (χ1n) is 5.47. The van der Waals surface area contributed by atoms with Gasteiger partial charge in [0.15, 0.2) is 0 Å². The number of pyridine rings is 1. The molecule has 2 rings (SSSR count). The van der Waals surface area contributed by atoms with E-state index in [9.17, 15) is 9.59 Å². The molecule has 1 aromatic heterocycles. The monoisotopic (exact) mass is 234 g/mol. The number of carbonyl (C=O) groups excluding carboxylic acids is 2. The number of carbonyl (C=O) groups is 2. The molecule has 1 aliphatic heterocycles. The van der Waals surface area contributed by atoms with Crippen molar-refractivity contribution in [2.75, 3.05) is 11.9 Å². The SMILES string of the molecule is NC(=O)c1ccc(NC2CCCNC2=O)nc1. The van der Waals surface area contributed by atoms with Crippen LogP contribution in [0.3, 0.4) is 0 Å². The Balaban J connectivity index is 2.03. The molecular formula is C11H14N4O2. The van der Waals surface area contributed by atoms with Gasteiger partial charge in [-0.2, -0.15) is 0 Å². The third kappa shape index (κ3) is 2.72. The molecule has 90 valence electrons. The zero-order valence-electron chi connectivity index (χ0n) is 9.27. The molecule has 0 radical (unpaired) electrons. The molecule has 1 aliphatic rings. The number of nitrogens with zero attached hydrogens (tertiary/aromatic N) is 1. The van der Waals surface area contributed by atoms with Crippen LogP contribution in [0.1, 0.15) is 23.2 Å². The number of primary amides is 1. The van der Waals surface area contributed by atoms with Gasteiger partial charge >= 0.3 is 0 Å². The number of aromatic nitrogens is 1. The Bertz CT molecular complexity index is 430. The molecule has 4 N–H and O–H groups in total. The van der Waals surface area contributed by atoms with Gasteiger partial charge in [-0.1, -0.05) is 0 Å². The average molecular weight is 234 g/mol. The molecular weight excluding hydrogens is 220 g/mol. The Hall–Kier alpha value is -2.11. The van der Waals surface area contributed by atoms with Crippen molar-refractivity contribution in [3.05, 3.63) is 23.9 Å². The molecule has 0 aliphatic carbocycles. The Morgan fingerprint density at radius 3 is 2.94 bits per heavy atom. The first kappa shape index (κ1) is 11.4. The van der Waals surface area contributed by atoms with Gasteiger partial charge < -0.3 is 16.4 Å². The maximum absolute atomic E-state index is 11.5. The summed E-state index contributed by atoms with van der Waals surface area (Å²) in [6.45, 7) is 0.727. The van der Waals surface area contributed by atoms with Crippen LogP contribution in [-0.2, 0) is 4.79 Å². The van der Waals surface area contributed by atoms with Crippen LogP contribution in [0.25, 0.3) is 0 Å². The lowest BCUT2D eigenvalue weighted by Gasteiger charge is -2.23. The summed E-state index contributed by atoms with van der Waals surface area (Å²) in [6.07, 6.45) is 3.12. The minimum atomic E-state index is -0.514. The van der Waals surface area contributed by atoms with E-state index in [0.717, 1.165) is 19.4 Å². The standard InChI is InChI=1S/C11H14N4O2/c12-10(16)7-3-4-9(14-6-7)15-8-2-1-5-13-11(8)17/h3-4,6,8H,1-2,5H2,(H2,12,16)(H,13,17)(H,14,15). The van der Waals surface area contributed by atoms with Gasteiger partial charge in [-0.3, -0.25) is 9.59 Å². The second kappa shape index (κ2) is 4.82. The predicted molar refractivity (Wildman–Crippen MR) is 62.4 cm³/mol. The van der Waals surface area contributed by atoms with Gasteiger partial charge in [0.05, 0.1) is 5.56 Å². The number of nitrogens with one attached hydrogen (secondary N) is 2. The molecule has 1 atom stereocenters. The summed E-state index contributed by atoms with van der Waals surface area (Å²) in [7, 11) is 0. The van der Waals surface area contributed by atoms with Crippen molar-refractivity contribution in [1.82, 2.24) is 10.3 Å². The van der Waals surface area contributed by atoms with E-state index in [1.807, 2.05) is 0 Å². The number of rotatable bonds is 3. The fourth-order valence-corrected chi connectivity index (χ4v) is 1.71. The number of amides is 2. The molecule has 1 saturated heterocycles. The van der Waals surface area contributed by atoms with E-state index < -0.39 is 5.91 Å². The summed E-state index contributed by atoms with van der Waals surface area (Å²) in [6, 6.07) is 2.97. The van der Waals surface area contributed by atoms with E-state index in [0.29, 0.717) is 11.4 Å². The van der Waals surface area contributed by atoms with Crippen LogP contribution in [0.2, 0.25) is 0 Å². The van der Waals surface area contributed by atoms with E-state index in [2.05, 4.69) is 15.6 Å². The van der Waals surface area contributed by atoms with E-state index in [1.54, 1.807) is 12.1 Å². The fourth-order valence-electron chi connectivity index (χ4n) is 1.71. The second-order valence-corrected chi connectivity index (χ2v) is 3.93. The highest BCUT2D eigenvalue weighted by molar-refractivity contribution is 5.92. The van der Waals surface area contributed by atoms with Gasteiger partial charge in [-0.05, 0) is 25.0 Å². The van der Waals surface area contributed by atoms with Gasteiger partial charge in [-0.25, -0.2) is 4.98 Å². The third-order valence-electron chi connectivity index (χ3n) is 2.66. The van der Waals surface area contributed by atoms with Gasteiger partial charge in [-0.15, -0.1) is 0 Å². The third-order valence-corrected chi connectivity index (χ3v) is 2.66. The number of nitrogens with two attached hydrogens (primary N) is 1. The lowest BCUT2D eigenvalue weighted by atomic mass is 10.1. The first-order chi connectivity index (χ1) is 8.16. The molecule has 1 unspecified atom stereocenters. The van der Waals surface area contributed by atoms with Crippen molar-refractivity contribution in [2.24, 2.45) is 5.73 Å². The van der Waals surface area contributed by atoms with Crippen LogP contribution in [0.4, 0.5) is 5.82 Å². The number of hydrogen-bond acceptors (Lipinski definition) is 4. The predicted octanol–water partition coefficient (Wildman–Crippen LogP) is -0.129. The topological polar surface area (TPSA) is 97.1 Å². The Morgan fingerprint density at radius 2 is 2.35 bits per heavy atom. The van der Waals surface area contributed by atoms with E-state index in [-0.39, 0.29) is 11.9 Å². The van der Waals surface area contributed by atoms with Crippen LogP contribution < -0.4 is 16.4 Å². The molecule has 6 nitrogen and oxygen atoms in total. The zero-order valence-corrected chi connectivity index (χ0v) is 9.27. The molecule has 1 aromatic rings. The minimum Gasteiger partial charge on any atom is -0.366 e. The summed E-state index contributed by atoms with van der Waals surface area (Å²) in [4.78, 5) is 26.4. The smallest absolute Gasteiger partial charge is 0.250 e. The van der Waals surface area contributed by atoms with Gasteiger partial charge in [0.1, 0.15) is 11.9 Å². The molecule has 2 heterocycles. The second-order valence-electron chi connectivity index (χ2n) is 3.93. The van der Waals surface area contributed by atoms with E-state index >= 15 is 0 Å². The van der Waals surface area contributed by atoms with Gasteiger partial charge in [0.25, 0.3) is 0 Å². The van der Waals surface area contributed by atoms with Crippen molar-refractivity contribution < 1.29 is 9.59 Å².